The lowest BCUT2D eigenvalue weighted by Gasteiger charge is -2.10. The highest BCUT2D eigenvalue weighted by Crippen LogP contribution is 2.25. The number of ketones is 1. The number of aromatic nitrogens is 4. The molecule has 2 aromatic carbocycles. The highest BCUT2D eigenvalue weighted by atomic mass is 32.2. The van der Waals surface area contributed by atoms with Gasteiger partial charge in [0.1, 0.15) is 0 Å². The third-order valence-corrected chi connectivity index (χ3v) is 6.09. The predicted octanol–water partition coefficient (Wildman–Crippen LogP) is 5.10. The number of benzene rings is 2. The van der Waals surface area contributed by atoms with E-state index in [1.807, 2.05) is 54.0 Å². The van der Waals surface area contributed by atoms with Gasteiger partial charge in [-0.1, -0.05) is 49.0 Å². The van der Waals surface area contributed by atoms with Crippen molar-refractivity contribution in [1.82, 2.24) is 19.7 Å². The van der Waals surface area contributed by atoms with E-state index in [9.17, 15) is 9.59 Å². The lowest BCUT2D eigenvalue weighted by atomic mass is 10.1. The van der Waals surface area contributed by atoms with Crippen molar-refractivity contribution in [3.63, 3.8) is 0 Å². The standard InChI is InChI=1S/C26H25N5O2S/c1-2-7-24(33)28-22-13-11-20(12-14-22)23(32)18-34-26-30-29-25(21-10-6-15-27-16-21)31(26)17-19-8-4-3-5-9-19/h3-6,8-16H,2,7,17-18H2,1H3,(H,28,33). The topological polar surface area (TPSA) is 89.8 Å². The van der Waals surface area contributed by atoms with Crippen LogP contribution in [-0.2, 0) is 11.3 Å². The summed E-state index contributed by atoms with van der Waals surface area (Å²) in [7, 11) is 0. The average molecular weight is 472 g/mol. The van der Waals surface area contributed by atoms with Gasteiger partial charge in [0.15, 0.2) is 16.8 Å². The van der Waals surface area contributed by atoms with Crippen LogP contribution in [0.15, 0.2) is 84.3 Å². The number of rotatable bonds is 10. The molecule has 1 N–H and O–H groups in total. The maximum Gasteiger partial charge on any atom is 0.224 e. The van der Waals surface area contributed by atoms with Gasteiger partial charge in [0, 0.05) is 35.6 Å². The number of nitrogens with zero attached hydrogens (tertiary/aromatic N) is 4. The SMILES string of the molecule is CCCC(=O)Nc1ccc(C(=O)CSc2nnc(-c3cccnc3)n2Cc2ccccc2)cc1. The highest BCUT2D eigenvalue weighted by molar-refractivity contribution is 7.99. The quantitative estimate of drug-likeness (QED) is 0.256. The molecule has 0 spiro atoms. The van der Waals surface area contributed by atoms with Gasteiger partial charge in [-0.25, -0.2) is 0 Å². The molecule has 0 bridgehead atoms. The number of carbonyl (C=O) groups is 2. The number of hydrogen-bond acceptors (Lipinski definition) is 6. The summed E-state index contributed by atoms with van der Waals surface area (Å²) in [6.45, 7) is 2.54. The van der Waals surface area contributed by atoms with Crippen molar-refractivity contribution < 1.29 is 9.59 Å². The number of nitrogens with one attached hydrogen (secondary N) is 1. The van der Waals surface area contributed by atoms with Crippen LogP contribution >= 0.6 is 11.8 Å². The Morgan fingerprint density at radius 2 is 1.76 bits per heavy atom. The molecule has 0 aliphatic rings. The zero-order valence-electron chi connectivity index (χ0n) is 18.8. The average Bonchev–Trinajstić information content (AvgIpc) is 3.26. The van der Waals surface area contributed by atoms with Gasteiger partial charge in [-0.3, -0.25) is 19.1 Å². The Morgan fingerprint density at radius 3 is 2.47 bits per heavy atom. The van der Waals surface area contributed by atoms with Crippen LogP contribution in [0.1, 0.15) is 35.7 Å². The van der Waals surface area contributed by atoms with Crippen molar-refractivity contribution in [2.75, 3.05) is 11.1 Å². The van der Waals surface area contributed by atoms with Crippen molar-refractivity contribution in [1.29, 1.82) is 0 Å². The van der Waals surface area contributed by atoms with Gasteiger partial charge >= 0.3 is 0 Å². The van der Waals surface area contributed by atoms with Crippen molar-refractivity contribution in [2.45, 2.75) is 31.5 Å². The number of hydrogen-bond donors (Lipinski definition) is 1. The number of carbonyl (C=O) groups excluding carboxylic acids is 2. The molecule has 0 radical (unpaired) electrons. The van der Waals surface area contributed by atoms with E-state index in [-0.39, 0.29) is 17.4 Å². The number of pyridine rings is 1. The molecule has 0 fully saturated rings. The van der Waals surface area contributed by atoms with Crippen LogP contribution in [0, 0.1) is 0 Å². The van der Waals surface area contributed by atoms with Gasteiger partial charge in [0.2, 0.25) is 5.91 Å². The van der Waals surface area contributed by atoms with Crippen LogP contribution in [0.2, 0.25) is 0 Å². The molecule has 172 valence electrons. The summed E-state index contributed by atoms with van der Waals surface area (Å²) in [5.74, 6) is 0.883. The third kappa shape index (κ3) is 5.96. The molecule has 0 atom stereocenters. The first-order valence-electron chi connectivity index (χ1n) is 11.1. The van der Waals surface area contributed by atoms with E-state index in [0.717, 1.165) is 17.5 Å². The third-order valence-electron chi connectivity index (χ3n) is 5.12. The lowest BCUT2D eigenvalue weighted by Crippen LogP contribution is -2.11. The van der Waals surface area contributed by atoms with Gasteiger partial charge in [-0.2, -0.15) is 0 Å². The zero-order chi connectivity index (χ0) is 23.8. The van der Waals surface area contributed by atoms with Crippen LogP contribution in [0.25, 0.3) is 11.4 Å². The second-order valence-electron chi connectivity index (χ2n) is 7.71. The molecule has 2 heterocycles. The molecule has 7 nitrogen and oxygen atoms in total. The fourth-order valence-electron chi connectivity index (χ4n) is 3.42. The molecule has 0 saturated heterocycles. The Labute approximate surface area is 202 Å². The maximum atomic E-state index is 12.8. The fraction of sp³-hybridized carbons (Fsp3) is 0.192. The van der Waals surface area contributed by atoms with Crippen molar-refractivity contribution >= 4 is 29.1 Å². The van der Waals surface area contributed by atoms with Gasteiger partial charge in [-0.05, 0) is 48.4 Å². The number of amides is 1. The van der Waals surface area contributed by atoms with Gasteiger partial charge in [0.25, 0.3) is 0 Å². The second-order valence-corrected chi connectivity index (χ2v) is 8.65. The number of thioether (sulfide) groups is 1. The first kappa shape index (κ1) is 23.4. The Kier molecular flexibility index (Phi) is 7.83. The largest absolute Gasteiger partial charge is 0.326 e. The fourth-order valence-corrected chi connectivity index (χ4v) is 4.25. The Morgan fingerprint density at radius 1 is 0.971 bits per heavy atom. The summed E-state index contributed by atoms with van der Waals surface area (Å²) in [6.07, 6.45) is 4.74. The molecule has 4 rings (SSSR count). The van der Waals surface area contributed by atoms with Crippen molar-refractivity contribution in [3.05, 3.63) is 90.3 Å². The maximum absolute atomic E-state index is 12.8. The summed E-state index contributed by atoms with van der Waals surface area (Å²) in [5, 5.41) is 12.3. The van der Waals surface area contributed by atoms with E-state index in [1.165, 1.54) is 11.8 Å². The van der Waals surface area contributed by atoms with Crippen LogP contribution in [0.4, 0.5) is 5.69 Å². The molecule has 1 amide bonds. The minimum absolute atomic E-state index is 0.0198. The minimum Gasteiger partial charge on any atom is -0.326 e. The Hall–Kier alpha value is -3.78. The Balaban J connectivity index is 1.48. The van der Waals surface area contributed by atoms with Crippen LogP contribution < -0.4 is 5.32 Å². The molecular formula is C26H25N5O2S. The molecule has 0 aliphatic heterocycles. The second kappa shape index (κ2) is 11.4. The first-order chi connectivity index (χ1) is 16.6. The lowest BCUT2D eigenvalue weighted by molar-refractivity contribution is -0.116. The molecule has 0 unspecified atom stereocenters. The summed E-state index contributed by atoms with van der Waals surface area (Å²) in [5.41, 5.74) is 3.25. The predicted molar refractivity (Wildman–Crippen MR) is 134 cm³/mol. The van der Waals surface area contributed by atoms with Gasteiger partial charge in [0.05, 0.1) is 12.3 Å². The van der Waals surface area contributed by atoms with E-state index >= 15 is 0 Å². The van der Waals surface area contributed by atoms with E-state index in [1.54, 1.807) is 36.7 Å². The van der Waals surface area contributed by atoms with E-state index in [2.05, 4.69) is 20.5 Å². The molecular weight excluding hydrogens is 446 g/mol. The summed E-state index contributed by atoms with van der Waals surface area (Å²) >= 11 is 1.36. The van der Waals surface area contributed by atoms with Crippen molar-refractivity contribution in [2.24, 2.45) is 0 Å². The molecule has 4 aromatic rings. The summed E-state index contributed by atoms with van der Waals surface area (Å²) in [4.78, 5) is 28.8. The number of anilines is 1. The van der Waals surface area contributed by atoms with Crippen molar-refractivity contribution in [3.8, 4) is 11.4 Å². The minimum atomic E-state index is -0.0284. The molecule has 0 saturated carbocycles. The Bertz CT molecular complexity index is 1240. The van der Waals surface area contributed by atoms with Gasteiger partial charge in [-0.15, -0.1) is 10.2 Å². The van der Waals surface area contributed by atoms with Crippen LogP contribution in [0.5, 0.6) is 0 Å². The highest BCUT2D eigenvalue weighted by Gasteiger charge is 2.17. The zero-order valence-corrected chi connectivity index (χ0v) is 19.7. The van der Waals surface area contributed by atoms with Gasteiger partial charge < -0.3 is 5.32 Å². The monoisotopic (exact) mass is 471 g/mol. The normalized spacial score (nSPS) is 10.7. The first-order valence-corrected chi connectivity index (χ1v) is 12.1. The van der Waals surface area contributed by atoms with Crippen LogP contribution in [0.3, 0.4) is 0 Å². The van der Waals surface area contributed by atoms with E-state index in [4.69, 9.17) is 0 Å². The molecule has 34 heavy (non-hydrogen) atoms. The summed E-state index contributed by atoms with van der Waals surface area (Å²) in [6, 6.07) is 20.9. The number of Topliss-reactive ketones (excluding diaryl/α,β-unsaturated/α-hetero) is 1. The molecule has 2 aromatic heterocycles. The molecule has 8 heteroatoms. The molecule has 0 aliphatic carbocycles. The van der Waals surface area contributed by atoms with E-state index in [0.29, 0.717) is 35.2 Å². The summed E-state index contributed by atoms with van der Waals surface area (Å²) < 4.78 is 2.01. The van der Waals surface area contributed by atoms with Crippen LogP contribution in [-0.4, -0.2) is 37.2 Å². The smallest absolute Gasteiger partial charge is 0.224 e. The van der Waals surface area contributed by atoms with E-state index < -0.39 is 0 Å².